The van der Waals surface area contributed by atoms with E-state index in [0.29, 0.717) is 17.3 Å². The molecule has 1 aliphatic carbocycles. The Kier molecular flexibility index (Phi) is 4.37. The van der Waals surface area contributed by atoms with Crippen LogP contribution < -0.4 is 15.5 Å². The Morgan fingerprint density at radius 3 is 2.58 bits per heavy atom. The zero-order valence-electron chi connectivity index (χ0n) is 14.9. The summed E-state index contributed by atoms with van der Waals surface area (Å²) in [5, 5.41) is 5.85. The predicted octanol–water partition coefficient (Wildman–Crippen LogP) is 3.10. The van der Waals surface area contributed by atoms with Gasteiger partial charge in [0.1, 0.15) is 0 Å². The second kappa shape index (κ2) is 6.83. The van der Waals surface area contributed by atoms with E-state index in [2.05, 4.69) is 39.8 Å². The molecule has 2 N–H and O–H groups in total. The van der Waals surface area contributed by atoms with E-state index in [-0.39, 0.29) is 11.8 Å². The van der Waals surface area contributed by atoms with Gasteiger partial charge < -0.3 is 15.5 Å². The van der Waals surface area contributed by atoms with Gasteiger partial charge >= 0.3 is 0 Å². The van der Waals surface area contributed by atoms with Crippen LogP contribution in [0.4, 0.5) is 11.4 Å². The smallest absolute Gasteiger partial charge is 0.253 e. The molecular formula is C21H23N3O2. The second-order valence-electron chi connectivity index (χ2n) is 7.10. The summed E-state index contributed by atoms with van der Waals surface area (Å²) in [7, 11) is 0. The number of fused-ring (bicyclic) bond motifs is 1. The second-order valence-corrected chi connectivity index (χ2v) is 7.10. The highest BCUT2D eigenvalue weighted by Crippen LogP contribution is 2.30. The van der Waals surface area contributed by atoms with Crippen molar-refractivity contribution in [2.75, 3.05) is 16.8 Å². The first-order valence-electron chi connectivity index (χ1n) is 9.14. The Balaban J connectivity index is 1.65. The number of rotatable bonds is 4. The molecule has 0 bridgehead atoms. The molecule has 0 unspecified atom stereocenters. The van der Waals surface area contributed by atoms with E-state index in [4.69, 9.17) is 0 Å². The van der Waals surface area contributed by atoms with Crippen molar-refractivity contribution in [2.24, 2.45) is 0 Å². The maximum atomic E-state index is 12.8. The molecule has 2 aromatic carbocycles. The van der Waals surface area contributed by atoms with E-state index >= 15 is 0 Å². The molecule has 1 fully saturated rings. The molecule has 1 saturated carbocycles. The fourth-order valence-corrected chi connectivity index (χ4v) is 3.47. The summed E-state index contributed by atoms with van der Waals surface area (Å²) in [5.41, 5.74) is 4.88. The van der Waals surface area contributed by atoms with E-state index in [1.165, 1.54) is 18.1 Å². The van der Waals surface area contributed by atoms with E-state index in [9.17, 15) is 9.59 Å². The van der Waals surface area contributed by atoms with Crippen LogP contribution in [0.15, 0.2) is 42.5 Å². The van der Waals surface area contributed by atoms with Gasteiger partial charge in [-0.15, -0.1) is 0 Å². The summed E-state index contributed by atoms with van der Waals surface area (Å²) < 4.78 is 0. The van der Waals surface area contributed by atoms with Gasteiger partial charge in [-0.1, -0.05) is 24.3 Å². The molecule has 0 spiro atoms. The monoisotopic (exact) mass is 349 g/mol. The van der Waals surface area contributed by atoms with Crippen LogP contribution in [-0.4, -0.2) is 24.4 Å². The van der Waals surface area contributed by atoms with Crippen molar-refractivity contribution >= 4 is 23.2 Å². The molecule has 0 radical (unpaired) electrons. The molecule has 26 heavy (non-hydrogen) atoms. The molecular weight excluding hydrogens is 326 g/mol. The summed E-state index contributed by atoms with van der Waals surface area (Å²) in [5.74, 6) is -0.202. The van der Waals surface area contributed by atoms with E-state index in [0.717, 1.165) is 38.0 Å². The van der Waals surface area contributed by atoms with Gasteiger partial charge in [-0.3, -0.25) is 9.59 Å². The molecule has 2 aliphatic rings. The van der Waals surface area contributed by atoms with Gasteiger partial charge in [-0.05, 0) is 48.6 Å². The minimum Gasteiger partial charge on any atom is -0.366 e. The van der Waals surface area contributed by atoms with Crippen LogP contribution in [0, 0.1) is 0 Å². The zero-order valence-corrected chi connectivity index (χ0v) is 14.9. The van der Waals surface area contributed by atoms with E-state index in [1.807, 2.05) is 12.1 Å². The molecule has 1 aliphatic heterocycles. The highest BCUT2D eigenvalue weighted by Gasteiger charge is 2.27. The lowest BCUT2D eigenvalue weighted by Gasteiger charge is -2.32. The number of amides is 2. The van der Waals surface area contributed by atoms with Gasteiger partial charge in [0.25, 0.3) is 5.91 Å². The number of nitrogens with one attached hydrogen (secondary N) is 2. The number of hydrogen-bond acceptors (Lipinski definition) is 3. The molecule has 2 amide bonds. The summed E-state index contributed by atoms with van der Waals surface area (Å²) in [6.45, 7) is 3.14. The third kappa shape index (κ3) is 3.57. The maximum absolute atomic E-state index is 12.8. The molecule has 1 heterocycles. The third-order valence-corrected chi connectivity index (χ3v) is 4.95. The lowest BCUT2D eigenvalue weighted by Crippen LogP contribution is -2.33. The Hall–Kier alpha value is -2.82. The standard InChI is InChI=1S/C21H23N3O2/c1-14(25)22-18-8-9-20(19(12-18)21(26)23-17-6-7-17)24-11-10-15-4-2-3-5-16(15)13-24/h2-5,8-9,12,17H,6-7,10-11,13H2,1H3,(H,22,25)(H,23,26). The summed E-state index contributed by atoms with van der Waals surface area (Å²) in [6, 6.07) is 14.3. The lowest BCUT2D eigenvalue weighted by atomic mass is 9.98. The van der Waals surface area contributed by atoms with Gasteiger partial charge in [0, 0.05) is 37.4 Å². The maximum Gasteiger partial charge on any atom is 0.253 e. The van der Waals surface area contributed by atoms with Gasteiger partial charge in [-0.25, -0.2) is 0 Å². The van der Waals surface area contributed by atoms with Crippen LogP contribution in [0.3, 0.4) is 0 Å². The zero-order chi connectivity index (χ0) is 18.1. The van der Waals surface area contributed by atoms with Gasteiger partial charge in [0.05, 0.1) is 5.56 Å². The van der Waals surface area contributed by atoms with E-state index < -0.39 is 0 Å². The van der Waals surface area contributed by atoms with Crippen LogP contribution in [-0.2, 0) is 17.8 Å². The first kappa shape index (κ1) is 16.6. The number of anilines is 2. The summed E-state index contributed by atoms with van der Waals surface area (Å²) in [6.07, 6.45) is 3.06. The fourth-order valence-electron chi connectivity index (χ4n) is 3.47. The van der Waals surface area contributed by atoms with Crippen molar-refractivity contribution in [1.29, 1.82) is 0 Å². The average molecular weight is 349 g/mol. The van der Waals surface area contributed by atoms with Crippen LogP contribution >= 0.6 is 0 Å². The SMILES string of the molecule is CC(=O)Nc1ccc(N2CCc3ccccc3C2)c(C(=O)NC2CC2)c1. The Morgan fingerprint density at radius 2 is 1.85 bits per heavy atom. The Bertz CT molecular complexity index is 858. The van der Waals surface area contributed by atoms with Crippen LogP contribution in [0.25, 0.3) is 0 Å². The largest absolute Gasteiger partial charge is 0.366 e. The normalized spacial score (nSPS) is 16.0. The average Bonchev–Trinajstić information content (AvgIpc) is 3.44. The molecule has 0 saturated heterocycles. The van der Waals surface area contributed by atoms with Crippen molar-refractivity contribution in [3.8, 4) is 0 Å². The van der Waals surface area contributed by atoms with Crippen molar-refractivity contribution in [3.63, 3.8) is 0 Å². The van der Waals surface area contributed by atoms with Crippen molar-refractivity contribution < 1.29 is 9.59 Å². The molecule has 0 atom stereocenters. The molecule has 5 nitrogen and oxygen atoms in total. The van der Waals surface area contributed by atoms with Crippen molar-refractivity contribution in [3.05, 3.63) is 59.2 Å². The van der Waals surface area contributed by atoms with Crippen LogP contribution in [0.5, 0.6) is 0 Å². The molecule has 5 heteroatoms. The number of carbonyl (C=O) groups excluding carboxylic acids is 2. The van der Waals surface area contributed by atoms with Crippen molar-refractivity contribution in [1.82, 2.24) is 5.32 Å². The minimum atomic E-state index is -0.141. The van der Waals surface area contributed by atoms with E-state index in [1.54, 1.807) is 6.07 Å². The van der Waals surface area contributed by atoms with Crippen LogP contribution in [0.1, 0.15) is 41.3 Å². The summed E-state index contributed by atoms with van der Waals surface area (Å²) >= 11 is 0. The van der Waals surface area contributed by atoms with Gasteiger partial charge in [-0.2, -0.15) is 0 Å². The third-order valence-electron chi connectivity index (χ3n) is 4.95. The lowest BCUT2D eigenvalue weighted by molar-refractivity contribution is -0.114. The Labute approximate surface area is 153 Å². The Morgan fingerprint density at radius 1 is 1.08 bits per heavy atom. The number of nitrogens with zero attached hydrogens (tertiary/aromatic N) is 1. The fraction of sp³-hybridized carbons (Fsp3) is 0.333. The quantitative estimate of drug-likeness (QED) is 0.892. The molecule has 0 aromatic heterocycles. The number of benzene rings is 2. The molecule has 2 aromatic rings. The highest BCUT2D eigenvalue weighted by atomic mass is 16.2. The predicted molar refractivity (Wildman–Crippen MR) is 102 cm³/mol. The van der Waals surface area contributed by atoms with Gasteiger partial charge in [0.2, 0.25) is 5.91 Å². The van der Waals surface area contributed by atoms with Crippen molar-refractivity contribution in [2.45, 2.75) is 38.8 Å². The number of carbonyl (C=O) groups is 2. The summed E-state index contributed by atoms with van der Waals surface area (Å²) in [4.78, 5) is 26.4. The van der Waals surface area contributed by atoms with Crippen LogP contribution in [0.2, 0.25) is 0 Å². The molecule has 4 rings (SSSR count). The topological polar surface area (TPSA) is 61.4 Å². The first-order valence-corrected chi connectivity index (χ1v) is 9.14. The first-order chi connectivity index (χ1) is 12.6. The number of hydrogen-bond donors (Lipinski definition) is 2. The minimum absolute atomic E-state index is 0.0615. The molecule has 134 valence electrons. The van der Waals surface area contributed by atoms with Gasteiger partial charge in [0.15, 0.2) is 0 Å². The highest BCUT2D eigenvalue weighted by molar-refractivity contribution is 6.02.